The molecule has 1 heterocycles. The Labute approximate surface area is 123 Å². The van der Waals surface area contributed by atoms with Gasteiger partial charge >= 0.3 is 0 Å². The second-order valence-electron chi connectivity index (χ2n) is 4.65. The van der Waals surface area contributed by atoms with Crippen LogP contribution in [0.4, 0.5) is 5.69 Å². The summed E-state index contributed by atoms with van der Waals surface area (Å²) in [6.07, 6.45) is 0. The van der Waals surface area contributed by atoms with E-state index in [9.17, 15) is 4.79 Å². The summed E-state index contributed by atoms with van der Waals surface area (Å²) >= 11 is 0. The highest BCUT2D eigenvalue weighted by atomic mass is 16.5. The molecule has 2 N–H and O–H groups in total. The van der Waals surface area contributed by atoms with Crippen LogP contribution >= 0.6 is 0 Å². The lowest BCUT2D eigenvalue weighted by Crippen LogP contribution is -2.24. The Hall–Kier alpha value is -2.50. The zero-order valence-corrected chi connectivity index (χ0v) is 12.4. The van der Waals surface area contributed by atoms with Crippen LogP contribution in [0.15, 0.2) is 28.8 Å². The van der Waals surface area contributed by atoms with Gasteiger partial charge in [0, 0.05) is 30.9 Å². The number of nitrogens with one attached hydrogen (secondary N) is 2. The van der Waals surface area contributed by atoms with Crippen molar-refractivity contribution in [1.82, 2.24) is 10.5 Å². The topological polar surface area (TPSA) is 76.4 Å². The highest BCUT2D eigenvalue weighted by molar-refractivity contribution is 5.77. The maximum atomic E-state index is 11.2. The van der Waals surface area contributed by atoms with E-state index in [0.29, 0.717) is 12.3 Å². The van der Waals surface area contributed by atoms with Crippen molar-refractivity contribution in [2.75, 3.05) is 19.0 Å². The number of aromatic nitrogens is 1. The first-order chi connectivity index (χ1) is 10.1. The van der Waals surface area contributed by atoms with E-state index in [1.54, 1.807) is 7.05 Å². The molecule has 0 unspecified atom stereocenters. The summed E-state index contributed by atoms with van der Waals surface area (Å²) in [4.78, 5) is 11.2. The third kappa shape index (κ3) is 3.98. The number of carbonyl (C=O) groups is 1. The SMILES string of the molecule is CNC(=O)COc1cccc(NCc2c(C)noc2C)c1. The minimum Gasteiger partial charge on any atom is -0.484 e. The van der Waals surface area contributed by atoms with Gasteiger partial charge in [0.15, 0.2) is 6.61 Å². The highest BCUT2D eigenvalue weighted by Gasteiger charge is 2.08. The average Bonchev–Trinajstić information content (AvgIpc) is 2.82. The molecular weight excluding hydrogens is 270 g/mol. The predicted octanol–water partition coefficient (Wildman–Crippen LogP) is 2.03. The van der Waals surface area contributed by atoms with E-state index in [-0.39, 0.29) is 12.5 Å². The van der Waals surface area contributed by atoms with Crippen LogP contribution in [0.5, 0.6) is 5.75 Å². The number of ether oxygens (including phenoxy) is 1. The molecule has 21 heavy (non-hydrogen) atoms. The molecule has 6 nitrogen and oxygen atoms in total. The van der Waals surface area contributed by atoms with E-state index >= 15 is 0 Å². The smallest absolute Gasteiger partial charge is 0.257 e. The fraction of sp³-hybridized carbons (Fsp3) is 0.333. The summed E-state index contributed by atoms with van der Waals surface area (Å²) in [5, 5.41) is 9.72. The van der Waals surface area contributed by atoms with Crippen LogP contribution in [0.3, 0.4) is 0 Å². The largest absolute Gasteiger partial charge is 0.484 e. The molecule has 1 aromatic heterocycles. The van der Waals surface area contributed by atoms with Gasteiger partial charge in [0.05, 0.1) is 5.69 Å². The zero-order valence-electron chi connectivity index (χ0n) is 12.4. The summed E-state index contributed by atoms with van der Waals surface area (Å²) in [5.41, 5.74) is 2.84. The van der Waals surface area contributed by atoms with Crippen LogP contribution in [-0.2, 0) is 11.3 Å². The first-order valence-corrected chi connectivity index (χ1v) is 6.69. The molecule has 0 aliphatic carbocycles. The van der Waals surface area contributed by atoms with Crippen LogP contribution in [-0.4, -0.2) is 24.7 Å². The maximum Gasteiger partial charge on any atom is 0.257 e. The Morgan fingerprint density at radius 1 is 1.38 bits per heavy atom. The van der Waals surface area contributed by atoms with Crippen molar-refractivity contribution in [2.45, 2.75) is 20.4 Å². The van der Waals surface area contributed by atoms with E-state index in [4.69, 9.17) is 9.26 Å². The minimum absolute atomic E-state index is 0.00379. The maximum absolute atomic E-state index is 11.2. The van der Waals surface area contributed by atoms with Crippen molar-refractivity contribution >= 4 is 11.6 Å². The molecule has 0 saturated carbocycles. The lowest BCUT2D eigenvalue weighted by atomic mass is 10.2. The molecular formula is C15H19N3O3. The van der Waals surface area contributed by atoms with Crippen molar-refractivity contribution in [2.24, 2.45) is 0 Å². The van der Waals surface area contributed by atoms with Crippen LogP contribution < -0.4 is 15.4 Å². The van der Waals surface area contributed by atoms with Gasteiger partial charge in [-0.1, -0.05) is 11.2 Å². The second kappa shape index (κ2) is 6.78. The van der Waals surface area contributed by atoms with E-state index in [1.807, 2.05) is 38.1 Å². The van der Waals surface area contributed by atoms with Gasteiger partial charge in [-0.25, -0.2) is 0 Å². The van der Waals surface area contributed by atoms with Gasteiger partial charge in [0.1, 0.15) is 11.5 Å². The number of likely N-dealkylation sites (N-methyl/N-ethyl adjacent to an activating group) is 1. The number of hydrogen-bond donors (Lipinski definition) is 2. The second-order valence-corrected chi connectivity index (χ2v) is 4.65. The van der Waals surface area contributed by atoms with Crippen molar-refractivity contribution in [3.8, 4) is 5.75 Å². The Morgan fingerprint density at radius 3 is 2.86 bits per heavy atom. The Bertz CT molecular complexity index is 603. The number of amides is 1. The van der Waals surface area contributed by atoms with E-state index in [1.165, 1.54) is 0 Å². The third-order valence-corrected chi connectivity index (χ3v) is 3.13. The molecule has 0 fully saturated rings. The van der Waals surface area contributed by atoms with Crippen LogP contribution in [0.25, 0.3) is 0 Å². The van der Waals surface area contributed by atoms with Crippen LogP contribution in [0.1, 0.15) is 17.0 Å². The summed E-state index contributed by atoms with van der Waals surface area (Å²) < 4.78 is 10.5. The highest BCUT2D eigenvalue weighted by Crippen LogP contribution is 2.19. The van der Waals surface area contributed by atoms with Crippen molar-refractivity contribution in [3.63, 3.8) is 0 Å². The van der Waals surface area contributed by atoms with Gasteiger partial charge in [0.2, 0.25) is 0 Å². The fourth-order valence-corrected chi connectivity index (χ4v) is 1.86. The summed E-state index contributed by atoms with van der Waals surface area (Å²) in [6.45, 7) is 4.43. The lowest BCUT2D eigenvalue weighted by Gasteiger charge is -2.09. The van der Waals surface area contributed by atoms with Gasteiger partial charge in [-0.05, 0) is 26.0 Å². The molecule has 6 heteroatoms. The minimum atomic E-state index is -0.163. The van der Waals surface area contributed by atoms with Crippen LogP contribution in [0.2, 0.25) is 0 Å². The lowest BCUT2D eigenvalue weighted by molar-refractivity contribution is -0.122. The number of benzene rings is 1. The molecule has 0 aliphatic heterocycles. The fourth-order valence-electron chi connectivity index (χ4n) is 1.86. The molecule has 0 saturated heterocycles. The van der Waals surface area contributed by atoms with Crippen molar-refractivity contribution < 1.29 is 14.1 Å². The molecule has 0 aliphatic rings. The number of carbonyl (C=O) groups excluding carboxylic acids is 1. The van der Waals surface area contributed by atoms with Crippen molar-refractivity contribution in [1.29, 1.82) is 0 Å². The third-order valence-electron chi connectivity index (χ3n) is 3.13. The summed E-state index contributed by atoms with van der Waals surface area (Å²) in [6, 6.07) is 7.46. The molecule has 1 aromatic carbocycles. The standard InChI is InChI=1S/C15H19N3O3/c1-10-14(11(2)21-18-10)8-17-12-5-4-6-13(7-12)20-9-15(19)16-3/h4-7,17H,8-9H2,1-3H3,(H,16,19). The number of anilines is 1. The Morgan fingerprint density at radius 2 is 2.19 bits per heavy atom. The number of hydrogen-bond acceptors (Lipinski definition) is 5. The molecule has 1 amide bonds. The van der Waals surface area contributed by atoms with Crippen molar-refractivity contribution in [3.05, 3.63) is 41.3 Å². The molecule has 0 atom stereocenters. The molecule has 0 radical (unpaired) electrons. The van der Waals surface area contributed by atoms with Gasteiger partial charge in [-0.15, -0.1) is 0 Å². The van der Waals surface area contributed by atoms with Gasteiger partial charge in [-0.2, -0.15) is 0 Å². The van der Waals surface area contributed by atoms with E-state index < -0.39 is 0 Å². The Kier molecular flexibility index (Phi) is 4.81. The summed E-state index contributed by atoms with van der Waals surface area (Å²) in [7, 11) is 1.58. The Balaban J connectivity index is 1.96. The predicted molar refractivity (Wildman–Crippen MR) is 79.3 cm³/mol. The number of nitrogens with zero attached hydrogens (tertiary/aromatic N) is 1. The summed E-state index contributed by atoms with van der Waals surface area (Å²) in [5.74, 6) is 1.29. The first kappa shape index (κ1) is 14.9. The van der Waals surface area contributed by atoms with E-state index in [0.717, 1.165) is 22.7 Å². The zero-order chi connectivity index (χ0) is 15.2. The van der Waals surface area contributed by atoms with E-state index in [2.05, 4.69) is 15.8 Å². The first-order valence-electron chi connectivity index (χ1n) is 6.69. The molecule has 2 rings (SSSR count). The van der Waals surface area contributed by atoms with Gasteiger partial charge < -0.3 is 19.9 Å². The van der Waals surface area contributed by atoms with Gasteiger partial charge in [-0.3, -0.25) is 4.79 Å². The normalized spacial score (nSPS) is 10.2. The number of aryl methyl sites for hydroxylation is 2. The molecule has 0 spiro atoms. The quantitative estimate of drug-likeness (QED) is 0.851. The van der Waals surface area contributed by atoms with Gasteiger partial charge in [0.25, 0.3) is 5.91 Å². The number of rotatable bonds is 6. The molecule has 2 aromatic rings. The average molecular weight is 289 g/mol. The van der Waals surface area contributed by atoms with Crippen LogP contribution in [0, 0.1) is 13.8 Å². The molecule has 0 bridgehead atoms. The monoisotopic (exact) mass is 289 g/mol. The molecule has 112 valence electrons.